The van der Waals surface area contributed by atoms with Gasteiger partial charge in [-0.1, -0.05) is 18.0 Å². The third-order valence-corrected chi connectivity index (χ3v) is 6.35. The zero-order valence-corrected chi connectivity index (χ0v) is 17.2. The first-order valence-corrected chi connectivity index (χ1v) is 10.6. The molecule has 1 aliphatic heterocycles. The molecule has 0 unspecified atom stereocenters. The van der Waals surface area contributed by atoms with Gasteiger partial charge < -0.3 is 9.42 Å². The van der Waals surface area contributed by atoms with Crippen molar-refractivity contribution in [1.82, 2.24) is 29.8 Å². The molecular weight excluding hydrogens is 380 g/mol. The summed E-state index contributed by atoms with van der Waals surface area (Å²) >= 11 is 0. The highest BCUT2D eigenvalue weighted by molar-refractivity contribution is 5.76. The zero-order valence-electron chi connectivity index (χ0n) is 17.2. The van der Waals surface area contributed by atoms with Crippen LogP contribution in [0.15, 0.2) is 41.3 Å². The van der Waals surface area contributed by atoms with E-state index in [0.29, 0.717) is 19.0 Å². The molecule has 1 saturated heterocycles. The molecule has 8 nitrogen and oxygen atoms in total. The highest BCUT2D eigenvalue weighted by atomic mass is 16.5. The van der Waals surface area contributed by atoms with E-state index in [1.807, 2.05) is 36.2 Å². The second-order valence-electron chi connectivity index (χ2n) is 8.62. The summed E-state index contributed by atoms with van der Waals surface area (Å²) in [5.41, 5.74) is 1.69. The molecule has 5 rings (SSSR count). The van der Waals surface area contributed by atoms with Crippen molar-refractivity contribution in [3.05, 3.63) is 48.3 Å². The predicted molar refractivity (Wildman–Crippen MR) is 109 cm³/mol. The van der Waals surface area contributed by atoms with Crippen LogP contribution in [-0.4, -0.2) is 48.8 Å². The maximum absolute atomic E-state index is 12.8. The minimum absolute atomic E-state index is 0.115. The number of carbonyl (C=O) groups excluding carboxylic acids is 1. The first-order chi connectivity index (χ1) is 14.6. The van der Waals surface area contributed by atoms with Crippen molar-refractivity contribution < 1.29 is 9.32 Å². The fourth-order valence-corrected chi connectivity index (χ4v) is 4.42. The van der Waals surface area contributed by atoms with E-state index < -0.39 is 0 Å². The molecule has 0 bridgehead atoms. The summed E-state index contributed by atoms with van der Waals surface area (Å²) in [6.07, 6.45) is 10.7. The normalized spacial score (nSPS) is 18.5. The average molecular weight is 406 g/mol. The van der Waals surface area contributed by atoms with Crippen molar-refractivity contribution >= 4 is 5.91 Å². The van der Waals surface area contributed by atoms with Gasteiger partial charge in [0.2, 0.25) is 5.91 Å². The fraction of sp³-hybridized carbons (Fsp3) is 0.500. The third-order valence-electron chi connectivity index (χ3n) is 6.35. The molecule has 4 heterocycles. The van der Waals surface area contributed by atoms with Crippen LogP contribution in [0, 0.1) is 12.8 Å². The van der Waals surface area contributed by atoms with E-state index in [4.69, 9.17) is 9.51 Å². The molecule has 2 fully saturated rings. The SMILES string of the molecule is Cc1ccn(CC(=O)N2CCC(CC3CC3)(c3noc(-c4ccncc4)n3)CC2)n1. The standard InChI is InChI=1S/C22H26N6O2/c1-16-6-11-28(25-16)15-19(29)27-12-7-22(8-13-27,14-17-2-3-17)21-24-20(30-26-21)18-4-9-23-10-5-18/h4-6,9-11,17H,2-3,7-8,12-15H2,1H3. The molecule has 8 heteroatoms. The van der Waals surface area contributed by atoms with E-state index in [0.717, 1.165) is 42.3 Å². The molecule has 1 aliphatic carbocycles. The van der Waals surface area contributed by atoms with Gasteiger partial charge in [0.25, 0.3) is 5.89 Å². The number of pyridine rings is 1. The van der Waals surface area contributed by atoms with Crippen molar-refractivity contribution in [2.45, 2.75) is 51.0 Å². The molecule has 30 heavy (non-hydrogen) atoms. The molecule has 1 saturated carbocycles. The molecule has 2 aliphatic rings. The van der Waals surface area contributed by atoms with Crippen molar-refractivity contribution in [1.29, 1.82) is 0 Å². The molecule has 3 aromatic rings. The molecular formula is C22H26N6O2. The number of piperidine rings is 1. The molecule has 0 N–H and O–H groups in total. The number of rotatable bonds is 6. The lowest BCUT2D eigenvalue weighted by Crippen LogP contribution is -2.47. The van der Waals surface area contributed by atoms with Crippen LogP contribution in [0.4, 0.5) is 0 Å². The smallest absolute Gasteiger partial charge is 0.258 e. The summed E-state index contributed by atoms with van der Waals surface area (Å²) in [5, 5.41) is 8.72. The Morgan fingerprint density at radius 2 is 1.97 bits per heavy atom. The van der Waals surface area contributed by atoms with E-state index >= 15 is 0 Å². The Morgan fingerprint density at radius 1 is 1.20 bits per heavy atom. The second kappa shape index (κ2) is 7.66. The van der Waals surface area contributed by atoms with Gasteiger partial charge in [0, 0.05) is 42.7 Å². The number of aromatic nitrogens is 5. The molecule has 0 atom stereocenters. The first-order valence-electron chi connectivity index (χ1n) is 10.6. The highest BCUT2D eigenvalue weighted by Gasteiger charge is 2.44. The van der Waals surface area contributed by atoms with Crippen LogP contribution in [-0.2, 0) is 16.8 Å². The van der Waals surface area contributed by atoms with Gasteiger partial charge in [-0.2, -0.15) is 10.1 Å². The Hall–Kier alpha value is -3.03. The van der Waals surface area contributed by atoms with E-state index in [-0.39, 0.29) is 17.9 Å². The Labute approximate surface area is 175 Å². The van der Waals surface area contributed by atoms with Crippen LogP contribution in [0.25, 0.3) is 11.5 Å². The van der Waals surface area contributed by atoms with E-state index in [9.17, 15) is 4.79 Å². The van der Waals surface area contributed by atoms with Gasteiger partial charge >= 0.3 is 0 Å². The minimum Gasteiger partial charge on any atom is -0.341 e. The first kappa shape index (κ1) is 19.0. The summed E-state index contributed by atoms with van der Waals surface area (Å²) in [5.74, 6) is 2.18. The average Bonchev–Trinajstić information content (AvgIpc) is 3.25. The third kappa shape index (κ3) is 3.86. The summed E-state index contributed by atoms with van der Waals surface area (Å²) in [6.45, 7) is 3.65. The predicted octanol–water partition coefficient (Wildman–Crippen LogP) is 3.00. The largest absolute Gasteiger partial charge is 0.341 e. The summed E-state index contributed by atoms with van der Waals surface area (Å²) in [4.78, 5) is 23.5. The number of carbonyl (C=O) groups is 1. The maximum atomic E-state index is 12.8. The van der Waals surface area contributed by atoms with Gasteiger partial charge in [0.05, 0.1) is 5.69 Å². The summed E-state index contributed by atoms with van der Waals surface area (Å²) < 4.78 is 7.32. The molecule has 0 spiro atoms. The minimum atomic E-state index is -0.116. The van der Waals surface area contributed by atoms with Gasteiger partial charge in [-0.05, 0) is 50.3 Å². The fourth-order valence-electron chi connectivity index (χ4n) is 4.42. The van der Waals surface area contributed by atoms with Gasteiger partial charge in [0.15, 0.2) is 5.82 Å². The van der Waals surface area contributed by atoms with Gasteiger partial charge in [-0.25, -0.2) is 0 Å². The van der Waals surface area contributed by atoms with Crippen molar-refractivity contribution in [3.8, 4) is 11.5 Å². The Balaban J connectivity index is 1.31. The molecule has 0 radical (unpaired) electrons. The highest BCUT2D eigenvalue weighted by Crippen LogP contribution is 2.46. The van der Waals surface area contributed by atoms with Crippen LogP contribution in [0.5, 0.6) is 0 Å². The zero-order chi connectivity index (χ0) is 20.6. The van der Waals surface area contributed by atoms with E-state index in [1.54, 1.807) is 17.1 Å². The van der Waals surface area contributed by atoms with E-state index in [2.05, 4.69) is 15.2 Å². The number of hydrogen-bond acceptors (Lipinski definition) is 6. The van der Waals surface area contributed by atoms with Crippen LogP contribution in [0.3, 0.4) is 0 Å². The van der Waals surface area contributed by atoms with Crippen molar-refractivity contribution in [2.24, 2.45) is 5.92 Å². The second-order valence-corrected chi connectivity index (χ2v) is 8.62. The monoisotopic (exact) mass is 406 g/mol. The van der Waals surface area contributed by atoms with Crippen LogP contribution >= 0.6 is 0 Å². The topological polar surface area (TPSA) is 89.9 Å². The quantitative estimate of drug-likeness (QED) is 0.625. The maximum Gasteiger partial charge on any atom is 0.258 e. The summed E-state index contributed by atoms with van der Waals surface area (Å²) in [7, 11) is 0. The molecule has 156 valence electrons. The number of amides is 1. The Kier molecular flexibility index (Phi) is 4.84. The molecule has 3 aromatic heterocycles. The molecule has 0 aromatic carbocycles. The lowest BCUT2D eigenvalue weighted by Gasteiger charge is -2.40. The van der Waals surface area contributed by atoms with Gasteiger partial charge in [-0.15, -0.1) is 0 Å². The van der Waals surface area contributed by atoms with Crippen molar-refractivity contribution in [3.63, 3.8) is 0 Å². The van der Waals surface area contributed by atoms with Crippen molar-refractivity contribution in [2.75, 3.05) is 13.1 Å². The summed E-state index contributed by atoms with van der Waals surface area (Å²) in [6, 6.07) is 5.67. The van der Waals surface area contributed by atoms with Crippen LogP contribution in [0.1, 0.15) is 43.6 Å². The van der Waals surface area contributed by atoms with Gasteiger partial charge in [-0.3, -0.25) is 14.5 Å². The van der Waals surface area contributed by atoms with Gasteiger partial charge in [0.1, 0.15) is 6.54 Å². The van der Waals surface area contributed by atoms with E-state index in [1.165, 1.54) is 12.8 Å². The number of nitrogens with zero attached hydrogens (tertiary/aromatic N) is 6. The van der Waals surface area contributed by atoms with Crippen LogP contribution in [0.2, 0.25) is 0 Å². The Morgan fingerprint density at radius 3 is 2.63 bits per heavy atom. The number of likely N-dealkylation sites (tertiary alicyclic amines) is 1. The lowest BCUT2D eigenvalue weighted by atomic mass is 9.73. The lowest BCUT2D eigenvalue weighted by molar-refractivity contribution is -0.133. The molecule has 1 amide bonds. The number of aryl methyl sites for hydroxylation is 1. The number of hydrogen-bond donors (Lipinski definition) is 0. The van der Waals surface area contributed by atoms with Crippen LogP contribution < -0.4 is 0 Å². The Bertz CT molecular complexity index is 1020.